The SMILES string of the molecule is CCc1cc(-c2ccccc2OC)[nH]n1. The second-order valence-electron chi connectivity index (χ2n) is 3.33. The lowest BCUT2D eigenvalue weighted by Crippen LogP contribution is -1.87. The summed E-state index contributed by atoms with van der Waals surface area (Å²) in [4.78, 5) is 0. The molecule has 0 atom stereocenters. The summed E-state index contributed by atoms with van der Waals surface area (Å²) in [5.74, 6) is 0.865. The molecule has 0 spiro atoms. The van der Waals surface area contributed by atoms with Gasteiger partial charge < -0.3 is 4.74 Å². The van der Waals surface area contributed by atoms with Crippen LogP contribution in [0.2, 0.25) is 0 Å². The Morgan fingerprint density at radius 2 is 2.13 bits per heavy atom. The van der Waals surface area contributed by atoms with Gasteiger partial charge in [0.25, 0.3) is 0 Å². The van der Waals surface area contributed by atoms with Crippen LogP contribution in [0.25, 0.3) is 11.3 Å². The van der Waals surface area contributed by atoms with Crippen LogP contribution in [0.3, 0.4) is 0 Å². The summed E-state index contributed by atoms with van der Waals surface area (Å²) in [6.07, 6.45) is 0.936. The molecule has 0 saturated heterocycles. The van der Waals surface area contributed by atoms with Gasteiger partial charge in [-0.05, 0) is 24.6 Å². The zero-order valence-corrected chi connectivity index (χ0v) is 8.95. The number of aryl methyl sites for hydroxylation is 1. The number of nitrogens with zero attached hydrogens (tertiary/aromatic N) is 1. The number of hydrogen-bond acceptors (Lipinski definition) is 2. The van der Waals surface area contributed by atoms with Crippen molar-refractivity contribution in [2.75, 3.05) is 7.11 Å². The molecule has 0 aliphatic heterocycles. The monoisotopic (exact) mass is 202 g/mol. The minimum absolute atomic E-state index is 0.865. The van der Waals surface area contributed by atoms with Crippen LogP contribution in [0.4, 0.5) is 0 Å². The molecule has 3 heteroatoms. The summed E-state index contributed by atoms with van der Waals surface area (Å²) in [6.45, 7) is 2.09. The van der Waals surface area contributed by atoms with Gasteiger partial charge in [-0.3, -0.25) is 5.10 Å². The first-order valence-electron chi connectivity index (χ1n) is 5.02. The molecule has 0 aliphatic rings. The maximum atomic E-state index is 5.29. The number of aromatic amines is 1. The minimum Gasteiger partial charge on any atom is -0.496 e. The highest BCUT2D eigenvalue weighted by atomic mass is 16.5. The predicted octanol–water partition coefficient (Wildman–Crippen LogP) is 2.65. The molecule has 78 valence electrons. The summed E-state index contributed by atoms with van der Waals surface area (Å²) in [6, 6.07) is 9.97. The van der Waals surface area contributed by atoms with Crippen LogP contribution < -0.4 is 4.74 Å². The zero-order chi connectivity index (χ0) is 10.7. The van der Waals surface area contributed by atoms with Crippen LogP contribution in [0, 0.1) is 0 Å². The Hall–Kier alpha value is -1.77. The lowest BCUT2D eigenvalue weighted by Gasteiger charge is -2.04. The number of rotatable bonds is 3. The fraction of sp³-hybridized carbons (Fsp3) is 0.250. The summed E-state index contributed by atoms with van der Waals surface area (Å²) in [7, 11) is 1.68. The molecule has 0 fully saturated rings. The van der Waals surface area contributed by atoms with Crippen LogP contribution in [-0.4, -0.2) is 17.3 Å². The number of hydrogen-bond donors (Lipinski definition) is 1. The van der Waals surface area contributed by atoms with Gasteiger partial charge in [-0.25, -0.2) is 0 Å². The zero-order valence-electron chi connectivity index (χ0n) is 8.95. The lowest BCUT2D eigenvalue weighted by atomic mass is 10.1. The van der Waals surface area contributed by atoms with Gasteiger partial charge in [0, 0.05) is 5.56 Å². The fourth-order valence-corrected chi connectivity index (χ4v) is 1.55. The summed E-state index contributed by atoms with van der Waals surface area (Å²) >= 11 is 0. The van der Waals surface area contributed by atoms with Gasteiger partial charge in [0.2, 0.25) is 0 Å². The number of benzene rings is 1. The Balaban J connectivity index is 2.44. The van der Waals surface area contributed by atoms with Gasteiger partial charge in [-0.1, -0.05) is 19.1 Å². The van der Waals surface area contributed by atoms with E-state index in [1.54, 1.807) is 7.11 Å². The second-order valence-corrected chi connectivity index (χ2v) is 3.33. The van der Waals surface area contributed by atoms with Crippen LogP contribution in [0.1, 0.15) is 12.6 Å². The van der Waals surface area contributed by atoms with E-state index in [1.807, 2.05) is 24.3 Å². The molecular formula is C12H14N2O. The molecule has 1 aromatic carbocycles. The molecule has 1 heterocycles. The van der Waals surface area contributed by atoms with E-state index in [9.17, 15) is 0 Å². The second kappa shape index (κ2) is 4.17. The van der Waals surface area contributed by atoms with Crippen LogP contribution in [0.15, 0.2) is 30.3 Å². The third kappa shape index (κ3) is 1.86. The highest BCUT2D eigenvalue weighted by Crippen LogP contribution is 2.28. The molecule has 0 aliphatic carbocycles. The molecule has 0 unspecified atom stereocenters. The average molecular weight is 202 g/mol. The summed E-state index contributed by atoms with van der Waals surface area (Å²) in [5, 5.41) is 7.22. The average Bonchev–Trinajstić information content (AvgIpc) is 2.77. The molecule has 15 heavy (non-hydrogen) atoms. The fourth-order valence-electron chi connectivity index (χ4n) is 1.55. The van der Waals surface area contributed by atoms with E-state index < -0.39 is 0 Å². The molecule has 0 saturated carbocycles. The standard InChI is InChI=1S/C12H14N2O/c1-3-9-8-11(14-13-9)10-6-4-5-7-12(10)15-2/h4-8H,3H2,1-2H3,(H,13,14). The molecule has 0 amide bonds. The normalized spacial score (nSPS) is 10.3. The maximum Gasteiger partial charge on any atom is 0.128 e. The van der Waals surface area contributed by atoms with Gasteiger partial charge in [-0.15, -0.1) is 0 Å². The highest BCUT2D eigenvalue weighted by Gasteiger charge is 2.07. The van der Waals surface area contributed by atoms with Crippen molar-refractivity contribution < 1.29 is 4.74 Å². The van der Waals surface area contributed by atoms with E-state index in [4.69, 9.17) is 4.74 Å². The van der Waals surface area contributed by atoms with E-state index in [1.165, 1.54) is 0 Å². The Kier molecular flexibility index (Phi) is 2.72. The molecule has 3 nitrogen and oxygen atoms in total. The van der Waals surface area contributed by atoms with E-state index in [2.05, 4.69) is 23.2 Å². The maximum absolute atomic E-state index is 5.29. The number of ether oxygens (including phenoxy) is 1. The van der Waals surface area contributed by atoms with Crippen molar-refractivity contribution >= 4 is 0 Å². The van der Waals surface area contributed by atoms with E-state index >= 15 is 0 Å². The number of H-pyrrole nitrogens is 1. The molecule has 0 bridgehead atoms. The van der Waals surface area contributed by atoms with Gasteiger partial charge >= 0.3 is 0 Å². The molecule has 0 radical (unpaired) electrons. The van der Waals surface area contributed by atoms with Crippen molar-refractivity contribution in [2.45, 2.75) is 13.3 Å². The number of para-hydroxylation sites is 1. The van der Waals surface area contributed by atoms with Crippen molar-refractivity contribution in [3.63, 3.8) is 0 Å². The van der Waals surface area contributed by atoms with Gasteiger partial charge in [-0.2, -0.15) is 5.10 Å². The van der Waals surface area contributed by atoms with Crippen LogP contribution in [-0.2, 0) is 6.42 Å². The summed E-state index contributed by atoms with van der Waals surface area (Å²) in [5.41, 5.74) is 3.12. The van der Waals surface area contributed by atoms with E-state index in [-0.39, 0.29) is 0 Å². The lowest BCUT2D eigenvalue weighted by molar-refractivity contribution is 0.416. The molecule has 2 rings (SSSR count). The Morgan fingerprint density at radius 1 is 1.33 bits per heavy atom. The van der Waals surface area contributed by atoms with Crippen molar-refractivity contribution in [1.29, 1.82) is 0 Å². The Labute approximate surface area is 89.1 Å². The van der Waals surface area contributed by atoms with E-state index in [0.29, 0.717) is 0 Å². The highest BCUT2D eigenvalue weighted by molar-refractivity contribution is 5.67. The number of methoxy groups -OCH3 is 1. The molecular weight excluding hydrogens is 188 g/mol. The number of aromatic nitrogens is 2. The smallest absolute Gasteiger partial charge is 0.128 e. The Morgan fingerprint density at radius 3 is 2.80 bits per heavy atom. The van der Waals surface area contributed by atoms with Gasteiger partial charge in [0.15, 0.2) is 0 Å². The number of nitrogens with one attached hydrogen (secondary N) is 1. The third-order valence-corrected chi connectivity index (χ3v) is 2.39. The first-order valence-corrected chi connectivity index (χ1v) is 5.02. The minimum atomic E-state index is 0.865. The van der Waals surface area contributed by atoms with Crippen LogP contribution in [0.5, 0.6) is 5.75 Å². The largest absolute Gasteiger partial charge is 0.496 e. The van der Waals surface area contributed by atoms with E-state index in [0.717, 1.165) is 29.1 Å². The first kappa shape index (κ1) is 9.77. The van der Waals surface area contributed by atoms with Gasteiger partial charge in [0.05, 0.1) is 18.5 Å². The molecule has 2 aromatic rings. The summed E-state index contributed by atoms with van der Waals surface area (Å²) < 4.78 is 5.29. The molecule has 1 N–H and O–H groups in total. The Bertz CT molecular complexity index is 448. The van der Waals surface area contributed by atoms with Crippen molar-refractivity contribution in [3.8, 4) is 17.0 Å². The molecule has 1 aromatic heterocycles. The third-order valence-electron chi connectivity index (χ3n) is 2.39. The first-order chi connectivity index (χ1) is 7.35. The predicted molar refractivity (Wildman–Crippen MR) is 60.0 cm³/mol. The van der Waals surface area contributed by atoms with Gasteiger partial charge in [0.1, 0.15) is 5.75 Å². The topological polar surface area (TPSA) is 37.9 Å². The quantitative estimate of drug-likeness (QED) is 0.830. The van der Waals surface area contributed by atoms with Crippen molar-refractivity contribution in [2.24, 2.45) is 0 Å². The van der Waals surface area contributed by atoms with Crippen LogP contribution >= 0.6 is 0 Å². The van der Waals surface area contributed by atoms with Crippen molar-refractivity contribution in [3.05, 3.63) is 36.0 Å². The van der Waals surface area contributed by atoms with Crippen molar-refractivity contribution in [1.82, 2.24) is 10.2 Å².